The van der Waals surface area contributed by atoms with Crippen LogP contribution in [0.4, 0.5) is 4.39 Å². The number of carbonyl (C=O) groups is 3. The Kier molecular flexibility index (Phi) is 4.65. The average molecular weight is 387 g/mol. The maximum Gasteiger partial charge on any atom is 0.279 e. The summed E-state index contributed by atoms with van der Waals surface area (Å²) < 4.78 is 13.0. The number of carbonyl (C=O) groups excluding carboxylic acids is 3. The van der Waals surface area contributed by atoms with Crippen molar-refractivity contribution < 1.29 is 18.8 Å². The van der Waals surface area contributed by atoms with E-state index in [9.17, 15) is 18.8 Å². The van der Waals surface area contributed by atoms with Gasteiger partial charge in [0, 0.05) is 23.9 Å². The molecule has 1 aromatic heterocycles. The molecule has 1 aliphatic heterocycles. The molecule has 2 aromatic rings. The molecule has 0 spiro atoms. The van der Waals surface area contributed by atoms with Gasteiger partial charge in [0.25, 0.3) is 5.91 Å². The van der Waals surface area contributed by atoms with Crippen LogP contribution in [0.2, 0.25) is 0 Å². The van der Waals surface area contributed by atoms with E-state index in [2.05, 4.69) is 10.9 Å². The molecule has 3 amide bonds. The molecule has 1 saturated heterocycles. The van der Waals surface area contributed by atoms with Crippen LogP contribution >= 0.6 is 11.3 Å². The average Bonchev–Trinajstić information content (AvgIpc) is 3.24. The first-order chi connectivity index (χ1) is 13.0. The Hall–Kier alpha value is -2.74. The maximum atomic E-state index is 13.0. The number of likely N-dealkylation sites (tertiary alicyclic amines) is 1. The minimum absolute atomic E-state index is 0.00572. The van der Waals surface area contributed by atoms with Crippen LogP contribution in [0.1, 0.15) is 28.9 Å². The first-order valence-electron chi connectivity index (χ1n) is 8.76. The Morgan fingerprint density at radius 2 is 1.81 bits per heavy atom. The SMILES string of the molecule is O=C(NNC(=O)[C@@H]1CC(=O)N(C2CC2)C1)c1ccc(-c2ccc(F)cc2)s1. The Balaban J connectivity index is 1.32. The summed E-state index contributed by atoms with van der Waals surface area (Å²) in [4.78, 5) is 39.4. The summed E-state index contributed by atoms with van der Waals surface area (Å²) in [5, 5.41) is 0. The molecule has 0 radical (unpaired) electrons. The van der Waals surface area contributed by atoms with E-state index in [-0.39, 0.29) is 24.1 Å². The number of thiophene rings is 1. The summed E-state index contributed by atoms with van der Waals surface area (Å²) >= 11 is 1.25. The van der Waals surface area contributed by atoms with Crippen LogP contribution in [0.25, 0.3) is 10.4 Å². The van der Waals surface area contributed by atoms with Crippen LogP contribution in [0.15, 0.2) is 36.4 Å². The van der Waals surface area contributed by atoms with E-state index in [4.69, 9.17) is 0 Å². The van der Waals surface area contributed by atoms with Gasteiger partial charge in [-0.05, 0) is 42.7 Å². The van der Waals surface area contributed by atoms with Gasteiger partial charge in [-0.3, -0.25) is 25.2 Å². The summed E-state index contributed by atoms with van der Waals surface area (Å²) in [5.74, 6) is -1.52. The van der Waals surface area contributed by atoms with Crippen LogP contribution in [-0.4, -0.2) is 35.2 Å². The van der Waals surface area contributed by atoms with Gasteiger partial charge in [-0.15, -0.1) is 11.3 Å². The van der Waals surface area contributed by atoms with E-state index in [1.807, 2.05) is 0 Å². The highest BCUT2D eigenvalue weighted by Gasteiger charge is 2.41. The lowest BCUT2D eigenvalue weighted by Gasteiger charge is -2.15. The minimum Gasteiger partial charge on any atom is -0.339 e. The number of hydrazine groups is 1. The van der Waals surface area contributed by atoms with E-state index in [0.717, 1.165) is 23.3 Å². The smallest absolute Gasteiger partial charge is 0.279 e. The molecule has 2 fully saturated rings. The van der Waals surface area contributed by atoms with Gasteiger partial charge in [-0.1, -0.05) is 12.1 Å². The second-order valence-corrected chi connectivity index (χ2v) is 7.88. The third-order valence-corrected chi connectivity index (χ3v) is 5.91. The monoisotopic (exact) mass is 387 g/mol. The topological polar surface area (TPSA) is 78.5 Å². The third-order valence-electron chi connectivity index (χ3n) is 4.77. The second kappa shape index (κ2) is 7.11. The van der Waals surface area contributed by atoms with Crippen LogP contribution in [-0.2, 0) is 9.59 Å². The van der Waals surface area contributed by atoms with Gasteiger partial charge < -0.3 is 4.90 Å². The summed E-state index contributed by atoms with van der Waals surface area (Å²) in [5.41, 5.74) is 5.64. The first kappa shape index (κ1) is 17.7. The first-order valence-corrected chi connectivity index (χ1v) is 9.58. The molecular formula is C19H18FN3O3S. The van der Waals surface area contributed by atoms with Crippen molar-refractivity contribution in [2.75, 3.05) is 6.54 Å². The van der Waals surface area contributed by atoms with Crippen LogP contribution in [0.3, 0.4) is 0 Å². The largest absolute Gasteiger partial charge is 0.339 e. The molecule has 1 aliphatic carbocycles. The number of halogens is 1. The second-order valence-electron chi connectivity index (χ2n) is 6.79. The predicted octanol–water partition coefficient (Wildman–Crippen LogP) is 2.33. The van der Waals surface area contributed by atoms with Crippen LogP contribution in [0, 0.1) is 11.7 Å². The Labute approximate surface area is 159 Å². The summed E-state index contributed by atoms with van der Waals surface area (Å²) in [6, 6.07) is 9.74. The van der Waals surface area contributed by atoms with Gasteiger partial charge in [0.15, 0.2) is 0 Å². The van der Waals surface area contributed by atoms with Crippen LogP contribution < -0.4 is 10.9 Å². The molecule has 140 valence electrons. The molecule has 0 unspecified atom stereocenters. The summed E-state index contributed by atoms with van der Waals surface area (Å²) in [6.45, 7) is 0.416. The van der Waals surface area contributed by atoms with Gasteiger partial charge in [-0.25, -0.2) is 4.39 Å². The van der Waals surface area contributed by atoms with Crippen molar-refractivity contribution in [3.05, 3.63) is 47.1 Å². The normalized spacial score (nSPS) is 19.2. The fourth-order valence-corrected chi connectivity index (χ4v) is 4.06. The molecule has 2 aliphatic rings. The maximum absolute atomic E-state index is 13.0. The molecule has 1 atom stereocenters. The molecule has 2 heterocycles. The van der Waals surface area contributed by atoms with E-state index < -0.39 is 11.8 Å². The zero-order valence-corrected chi connectivity index (χ0v) is 15.2. The molecular weight excluding hydrogens is 369 g/mol. The van der Waals surface area contributed by atoms with Crippen molar-refractivity contribution in [3.63, 3.8) is 0 Å². The van der Waals surface area contributed by atoms with Gasteiger partial charge in [0.05, 0.1) is 10.8 Å². The van der Waals surface area contributed by atoms with Crippen molar-refractivity contribution >= 4 is 29.1 Å². The molecule has 2 N–H and O–H groups in total. The predicted molar refractivity (Wildman–Crippen MR) is 98.2 cm³/mol. The highest BCUT2D eigenvalue weighted by molar-refractivity contribution is 7.17. The zero-order valence-electron chi connectivity index (χ0n) is 14.4. The van der Waals surface area contributed by atoms with Crippen molar-refractivity contribution in [2.24, 2.45) is 5.92 Å². The van der Waals surface area contributed by atoms with Gasteiger partial charge in [0.2, 0.25) is 11.8 Å². The van der Waals surface area contributed by atoms with Gasteiger partial charge in [0.1, 0.15) is 5.82 Å². The van der Waals surface area contributed by atoms with Crippen molar-refractivity contribution in [1.29, 1.82) is 0 Å². The molecule has 27 heavy (non-hydrogen) atoms. The fourth-order valence-electron chi connectivity index (χ4n) is 3.16. The lowest BCUT2D eigenvalue weighted by atomic mass is 10.1. The number of hydrogen-bond donors (Lipinski definition) is 2. The summed E-state index contributed by atoms with van der Waals surface area (Å²) in [6.07, 6.45) is 2.20. The van der Waals surface area contributed by atoms with E-state index in [1.54, 1.807) is 29.2 Å². The number of nitrogens with one attached hydrogen (secondary N) is 2. The molecule has 0 bridgehead atoms. The minimum atomic E-state index is -0.434. The molecule has 4 rings (SSSR count). The van der Waals surface area contributed by atoms with Gasteiger partial charge >= 0.3 is 0 Å². The standard InChI is InChI=1S/C19H18FN3O3S/c20-13-3-1-11(2-4-13)15-7-8-16(27-15)19(26)22-21-18(25)12-9-17(24)23(10-12)14-5-6-14/h1-4,7-8,12,14H,5-6,9-10H2,(H,21,25)(H,22,26)/t12-/m1/s1. The number of amides is 3. The highest BCUT2D eigenvalue weighted by atomic mass is 32.1. The third kappa shape index (κ3) is 3.85. The number of nitrogens with zero attached hydrogens (tertiary/aromatic N) is 1. The quantitative estimate of drug-likeness (QED) is 0.791. The Bertz CT molecular complexity index is 892. The molecule has 1 saturated carbocycles. The van der Waals surface area contributed by atoms with E-state index in [0.29, 0.717) is 17.5 Å². The number of rotatable bonds is 4. The van der Waals surface area contributed by atoms with Crippen LogP contribution in [0.5, 0.6) is 0 Å². The Morgan fingerprint density at radius 3 is 2.52 bits per heavy atom. The van der Waals surface area contributed by atoms with Gasteiger partial charge in [-0.2, -0.15) is 0 Å². The van der Waals surface area contributed by atoms with Crippen molar-refractivity contribution in [2.45, 2.75) is 25.3 Å². The fraction of sp³-hybridized carbons (Fsp3) is 0.316. The highest BCUT2D eigenvalue weighted by Crippen LogP contribution is 2.32. The lowest BCUT2D eigenvalue weighted by molar-refractivity contribution is -0.129. The summed E-state index contributed by atoms with van der Waals surface area (Å²) in [7, 11) is 0. The number of benzene rings is 1. The van der Waals surface area contributed by atoms with E-state index in [1.165, 1.54) is 23.5 Å². The van der Waals surface area contributed by atoms with Crippen molar-refractivity contribution in [1.82, 2.24) is 15.8 Å². The van der Waals surface area contributed by atoms with E-state index >= 15 is 0 Å². The zero-order chi connectivity index (χ0) is 19.0. The molecule has 6 nitrogen and oxygen atoms in total. The number of hydrogen-bond acceptors (Lipinski definition) is 4. The molecule has 8 heteroatoms. The molecule has 1 aromatic carbocycles. The van der Waals surface area contributed by atoms with Crippen molar-refractivity contribution in [3.8, 4) is 10.4 Å². The Morgan fingerprint density at radius 1 is 1.07 bits per heavy atom. The lowest BCUT2D eigenvalue weighted by Crippen LogP contribution is -2.45.